The highest BCUT2D eigenvalue weighted by Gasteiger charge is 2.25. The lowest BCUT2D eigenvalue weighted by Crippen LogP contribution is -2.23. The summed E-state index contributed by atoms with van der Waals surface area (Å²) >= 11 is 6.26. The smallest absolute Gasteiger partial charge is 0.296 e. The van der Waals surface area contributed by atoms with Gasteiger partial charge in [0.25, 0.3) is 27.4 Å². The van der Waals surface area contributed by atoms with Gasteiger partial charge in [-0.05, 0) is 85.8 Å². The third-order valence-corrected chi connectivity index (χ3v) is 8.86. The number of benzene rings is 4. The normalized spacial score (nSPS) is 11.1. The first kappa shape index (κ1) is 31.1. The fourth-order valence-electron chi connectivity index (χ4n) is 4.51. The van der Waals surface area contributed by atoms with E-state index < -0.39 is 21.5 Å². The topological polar surface area (TPSA) is 141 Å². The third kappa shape index (κ3) is 6.61. The molecular weight excluding hydrogens is 618 g/mol. The van der Waals surface area contributed by atoms with Crippen LogP contribution in [0.3, 0.4) is 0 Å². The maximum atomic E-state index is 13.5. The Morgan fingerprint density at radius 2 is 1.36 bits per heavy atom. The Kier molecular flexibility index (Phi) is 8.80. The minimum atomic E-state index is -4.39. The summed E-state index contributed by atoms with van der Waals surface area (Å²) in [6, 6.07) is 25.6. The van der Waals surface area contributed by atoms with Gasteiger partial charge in [0, 0.05) is 29.5 Å². The Hall–Kier alpha value is -5.33. The van der Waals surface area contributed by atoms with Crippen molar-refractivity contribution in [3.63, 3.8) is 0 Å². The highest BCUT2D eigenvalue weighted by molar-refractivity contribution is 7.92. The number of hydrogen-bond acceptors (Lipinski definition) is 6. The number of carbonyl (C=O) groups excluding carboxylic acids is 2. The predicted molar refractivity (Wildman–Crippen MR) is 173 cm³/mol. The molecule has 0 fully saturated rings. The van der Waals surface area contributed by atoms with E-state index in [1.807, 2.05) is 0 Å². The molecule has 13 heteroatoms. The van der Waals surface area contributed by atoms with Crippen molar-refractivity contribution in [3.8, 4) is 11.4 Å². The first-order chi connectivity index (χ1) is 21.5. The number of anilines is 3. The maximum Gasteiger partial charge on any atom is 0.296 e. The van der Waals surface area contributed by atoms with E-state index in [9.17, 15) is 22.8 Å². The molecule has 3 N–H and O–H groups in total. The molecule has 0 bridgehead atoms. The molecular formula is C32H28ClN5O6S. The fourth-order valence-corrected chi connectivity index (χ4v) is 6.15. The summed E-state index contributed by atoms with van der Waals surface area (Å²) in [5, 5.41) is 5.33. The van der Waals surface area contributed by atoms with Gasteiger partial charge in [-0.2, -0.15) is 0 Å². The van der Waals surface area contributed by atoms with Gasteiger partial charge in [0.15, 0.2) is 0 Å². The van der Waals surface area contributed by atoms with Gasteiger partial charge >= 0.3 is 0 Å². The molecule has 5 rings (SSSR count). The highest BCUT2D eigenvalue weighted by atomic mass is 35.5. The molecule has 1 aromatic heterocycles. The van der Waals surface area contributed by atoms with E-state index in [2.05, 4.69) is 15.4 Å². The number of amides is 2. The summed E-state index contributed by atoms with van der Waals surface area (Å²) in [7, 11) is -1.20. The number of nitrogens with zero attached hydrogens (tertiary/aromatic N) is 2. The van der Waals surface area contributed by atoms with E-state index in [1.54, 1.807) is 99.9 Å². The molecule has 0 spiro atoms. The van der Waals surface area contributed by atoms with Gasteiger partial charge in [-0.1, -0.05) is 29.8 Å². The SMILES string of the molecule is COc1ccc(NC(=O)c2ccc(NC(=O)c3ccc(Cl)c(S(=O)(=O)Nc4c(C)n(C)n(-c5ccccc5)c4=O)c3)cc2)cc1. The van der Waals surface area contributed by atoms with Crippen molar-refractivity contribution < 1.29 is 22.7 Å². The minimum absolute atomic E-state index is 0.00702. The third-order valence-electron chi connectivity index (χ3n) is 7.03. The van der Waals surface area contributed by atoms with Crippen molar-refractivity contribution in [2.45, 2.75) is 11.8 Å². The number of rotatable bonds is 9. The summed E-state index contributed by atoms with van der Waals surface area (Å²) < 4.78 is 37.3. The molecule has 2 amide bonds. The number of carbonyl (C=O) groups is 2. The maximum absolute atomic E-state index is 13.5. The number of para-hydroxylation sites is 1. The molecule has 1 heterocycles. The summed E-state index contributed by atoms with van der Waals surface area (Å²) in [4.78, 5) is 38.6. The lowest BCUT2D eigenvalue weighted by Gasteiger charge is -2.11. The summed E-state index contributed by atoms with van der Waals surface area (Å²) in [5.41, 5.74) is 1.54. The van der Waals surface area contributed by atoms with Crippen LogP contribution in [0.1, 0.15) is 26.4 Å². The fraction of sp³-hybridized carbons (Fsp3) is 0.0938. The number of halogens is 1. The van der Waals surface area contributed by atoms with Crippen molar-refractivity contribution in [1.29, 1.82) is 0 Å². The van der Waals surface area contributed by atoms with Crippen molar-refractivity contribution in [2.75, 3.05) is 22.5 Å². The van der Waals surface area contributed by atoms with E-state index in [-0.39, 0.29) is 27.1 Å². The average Bonchev–Trinajstić information content (AvgIpc) is 3.24. The number of nitrogens with one attached hydrogen (secondary N) is 3. The molecule has 4 aromatic carbocycles. The molecule has 0 saturated heterocycles. The Balaban J connectivity index is 1.32. The molecule has 0 saturated carbocycles. The molecule has 0 aliphatic carbocycles. The van der Waals surface area contributed by atoms with E-state index in [1.165, 1.54) is 21.5 Å². The summed E-state index contributed by atoms with van der Waals surface area (Å²) in [6.45, 7) is 1.61. The van der Waals surface area contributed by atoms with Crippen LogP contribution < -0.4 is 25.7 Å². The van der Waals surface area contributed by atoms with Crippen LogP contribution >= 0.6 is 11.6 Å². The molecule has 0 aliphatic rings. The molecule has 0 radical (unpaired) electrons. The Bertz CT molecular complexity index is 2060. The van der Waals surface area contributed by atoms with E-state index in [0.717, 1.165) is 6.07 Å². The number of methoxy groups -OCH3 is 1. The first-order valence-corrected chi connectivity index (χ1v) is 15.4. The van der Waals surface area contributed by atoms with E-state index in [4.69, 9.17) is 16.3 Å². The van der Waals surface area contributed by atoms with Crippen molar-refractivity contribution >= 4 is 50.5 Å². The zero-order valence-electron chi connectivity index (χ0n) is 24.4. The Labute approximate surface area is 264 Å². The molecule has 230 valence electrons. The van der Waals surface area contributed by atoms with Gasteiger partial charge < -0.3 is 15.4 Å². The summed E-state index contributed by atoms with van der Waals surface area (Å²) in [6.07, 6.45) is 0. The standard InChI is InChI=1S/C32H28ClN5O6S/c1-20-29(32(41)38(37(20)2)25-7-5-4-6-8-25)36-45(42,43)28-19-22(11-18-27(28)33)31(40)35-23-12-9-21(10-13-23)30(39)34-24-14-16-26(44-3)17-15-24/h4-19,36H,1-3H3,(H,34,39)(H,35,40). The lowest BCUT2D eigenvalue weighted by atomic mass is 10.1. The zero-order valence-corrected chi connectivity index (χ0v) is 25.9. The van der Waals surface area contributed by atoms with Gasteiger partial charge in [0.05, 0.1) is 23.5 Å². The highest BCUT2D eigenvalue weighted by Crippen LogP contribution is 2.26. The molecule has 0 unspecified atom stereocenters. The van der Waals surface area contributed by atoms with Gasteiger partial charge in [0.1, 0.15) is 16.3 Å². The van der Waals surface area contributed by atoms with Crippen LogP contribution in [0.5, 0.6) is 5.75 Å². The Morgan fingerprint density at radius 3 is 1.96 bits per heavy atom. The predicted octanol–water partition coefficient (Wildman–Crippen LogP) is 5.45. The van der Waals surface area contributed by atoms with Gasteiger partial charge in [-0.15, -0.1) is 0 Å². The quantitative estimate of drug-likeness (QED) is 0.195. The van der Waals surface area contributed by atoms with Gasteiger partial charge in [0.2, 0.25) is 0 Å². The lowest BCUT2D eigenvalue weighted by molar-refractivity contribution is 0.101. The van der Waals surface area contributed by atoms with Crippen molar-refractivity contribution in [1.82, 2.24) is 9.36 Å². The van der Waals surface area contributed by atoms with Crippen LogP contribution in [0.2, 0.25) is 5.02 Å². The van der Waals surface area contributed by atoms with Gasteiger partial charge in [-0.3, -0.25) is 23.8 Å². The second kappa shape index (κ2) is 12.7. The van der Waals surface area contributed by atoms with E-state index >= 15 is 0 Å². The van der Waals surface area contributed by atoms with Crippen LogP contribution in [0.25, 0.3) is 5.69 Å². The molecule has 0 atom stereocenters. The second-order valence-corrected chi connectivity index (χ2v) is 12.0. The van der Waals surface area contributed by atoms with Crippen LogP contribution in [0.15, 0.2) is 107 Å². The molecule has 45 heavy (non-hydrogen) atoms. The van der Waals surface area contributed by atoms with E-state index in [0.29, 0.717) is 34.1 Å². The van der Waals surface area contributed by atoms with Crippen molar-refractivity contribution in [3.05, 3.63) is 129 Å². The minimum Gasteiger partial charge on any atom is -0.497 e. The van der Waals surface area contributed by atoms with Crippen LogP contribution in [0.4, 0.5) is 17.1 Å². The number of ether oxygens (including phenoxy) is 1. The monoisotopic (exact) mass is 645 g/mol. The van der Waals surface area contributed by atoms with Crippen LogP contribution in [-0.2, 0) is 17.1 Å². The molecule has 11 nitrogen and oxygen atoms in total. The Morgan fingerprint density at radius 1 is 0.800 bits per heavy atom. The average molecular weight is 646 g/mol. The molecule has 5 aromatic rings. The van der Waals surface area contributed by atoms with Gasteiger partial charge in [-0.25, -0.2) is 13.1 Å². The van der Waals surface area contributed by atoms with Crippen LogP contribution in [-0.4, -0.2) is 36.7 Å². The summed E-state index contributed by atoms with van der Waals surface area (Å²) in [5.74, 6) is -0.294. The van der Waals surface area contributed by atoms with Crippen molar-refractivity contribution in [2.24, 2.45) is 7.05 Å². The zero-order chi connectivity index (χ0) is 32.3. The van der Waals surface area contributed by atoms with Crippen LogP contribution in [0, 0.1) is 6.92 Å². The number of hydrogen-bond donors (Lipinski definition) is 3. The second-order valence-electron chi connectivity index (χ2n) is 9.90. The first-order valence-electron chi connectivity index (χ1n) is 13.5. The molecule has 0 aliphatic heterocycles. The number of aromatic nitrogens is 2. The largest absolute Gasteiger partial charge is 0.497 e. The number of sulfonamides is 1.